The first kappa shape index (κ1) is 13.4. The number of rotatable bonds is 2. The van der Waals surface area contributed by atoms with Crippen molar-refractivity contribution in [2.75, 3.05) is 12.3 Å². The Balaban J connectivity index is 2.07. The predicted molar refractivity (Wildman–Crippen MR) is 81.5 cm³/mol. The summed E-state index contributed by atoms with van der Waals surface area (Å²) < 4.78 is 0. The lowest BCUT2D eigenvalue weighted by molar-refractivity contribution is 0.0946. The van der Waals surface area contributed by atoms with Gasteiger partial charge in [-0.25, -0.2) is 0 Å². The largest absolute Gasteiger partial charge is 0.398 e. The number of nitrogen functional groups attached to an aromatic ring is 1. The van der Waals surface area contributed by atoms with Crippen molar-refractivity contribution in [3.63, 3.8) is 0 Å². The number of hydrogen-bond donors (Lipinski definition) is 2. The average molecular weight is 280 g/mol. The summed E-state index contributed by atoms with van der Waals surface area (Å²) in [5.74, 6) is -0.268. The Hall–Kier alpha value is -2.62. The van der Waals surface area contributed by atoms with Crippen LogP contribution in [-0.2, 0) is 6.42 Å². The van der Waals surface area contributed by atoms with Gasteiger partial charge in [0.15, 0.2) is 5.78 Å². The topological polar surface area (TPSA) is 72.2 Å². The van der Waals surface area contributed by atoms with Gasteiger partial charge in [-0.3, -0.25) is 9.59 Å². The van der Waals surface area contributed by atoms with E-state index in [1.807, 2.05) is 25.1 Å². The predicted octanol–water partition coefficient (Wildman–Crippen LogP) is 2.09. The summed E-state index contributed by atoms with van der Waals surface area (Å²) in [6, 6.07) is 10.7. The van der Waals surface area contributed by atoms with Crippen LogP contribution in [0.1, 0.15) is 37.4 Å². The van der Waals surface area contributed by atoms with Crippen molar-refractivity contribution in [2.24, 2.45) is 0 Å². The summed E-state index contributed by atoms with van der Waals surface area (Å²) in [7, 11) is 0. The minimum absolute atomic E-state index is 0.122. The lowest BCUT2D eigenvalue weighted by Gasteiger charge is -2.17. The van der Waals surface area contributed by atoms with Gasteiger partial charge in [0.2, 0.25) is 0 Å². The third kappa shape index (κ3) is 2.29. The SMILES string of the molecule is Cc1cccc(N)c1C(=O)c1ccc2c(c1)C(=O)NCC2. The molecule has 1 heterocycles. The highest BCUT2D eigenvalue weighted by Gasteiger charge is 2.20. The molecule has 106 valence electrons. The molecule has 0 aromatic heterocycles. The molecule has 1 aliphatic rings. The summed E-state index contributed by atoms with van der Waals surface area (Å²) in [4.78, 5) is 24.6. The molecule has 3 rings (SSSR count). The number of ketones is 1. The highest BCUT2D eigenvalue weighted by Crippen LogP contribution is 2.23. The number of carbonyl (C=O) groups excluding carboxylic acids is 2. The van der Waals surface area contributed by atoms with E-state index in [9.17, 15) is 9.59 Å². The van der Waals surface area contributed by atoms with Crippen LogP contribution >= 0.6 is 0 Å². The molecule has 0 unspecified atom stereocenters. The van der Waals surface area contributed by atoms with E-state index in [0.717, 1.165) is 17.5 Å². The average Bonchev–Trinajstić information content (AvgIpc) is 2.47. The number of nitrogens with one attached hydrogen (secondary N) is 1. The van der Waals surface area contributed by atoms with Crippen molar-refractivity contribution < 1.29 is 9.59 Å². The van der Waals surface area contributed by atoms with Crippen LogP contribution in [0.4, 0.5) is 5.69 Å². The normalized spacial score (nSPS) is 13.5. The number of anilines is 1. The molecule has 0 bridgehead atoms. The second-order valence-corrected chi connectivity index (χ2v) is 5.25. The summed E-state index contributed by atoms with van der Waals surface area (Å²) in [5, 5.41) is 2.79. The zero-order valence-electron chi connectivity index (χ0n) is 11.8. The number of hydrogen-bond acceptors (Lipinski definition) is 3. The van der Waals surface area contributed by atoms with Gasteiger partial charge < -0.3 is 11.1 Å². The fourth-order valence-corrected chi connectivity index (χ4v) is 2.70. The second-order valence-electron chi connectivity index (χ2n) is 5.25. The van der Waals surface area contributed by atoms with Crippen LogP contribution in [0.3, 0.4) is 0 Å². The maximum atomic E-state index is 12.7. The van der Waals surface area contributed by atoms with Crippen molar-refractivity contribution in [1.82, 2.24) is 5.32 Å². The Bertz CT molecular complexity index is 730. The maximum Gasteiger partial charge on any atom is 0.251 e. The molecule has 2 aromatic rings. The molecule has 0 fully saturated rings. The number of carbonyl (C=O) groups is 2. The Labute approximate surface area is 123 Å². The molecule has 0 saturated carbocycles. The smallest absolute Gasteiger partial charge is 0.251 e. The molecule has 0 saturated heterocycles. The first-order valence-electron chi connectivity index (χ1n) is 6.89. The van der Waals surface area contributed by atoms with Gasteiger partial charge in [-0.05, 0) is 36.6 Å². The van der Waals surface area contributed by atoms with Gasteiger partial charge in [0.1, 0.15) is 0 Å². The number of benzene rings is 2. The van der Waals surface area contributed by atoms with E-state index < -0.39 is 0 Å². The summed E-state index contributed by atoms with van der Waals surface area (Å²) in [6.07, 6.45) is 0.794. The molecular weight excluding hydrogens is 264 g/mol. The quantitative estimate of drug-likeness (QED) is 0.653. The third-order valence-corrected chi connectivity index (χ3v) is 3.83. The molecule has 0 aliphatic carbocycles. The lowest BCUT2D eigenvalue weighted by Crippen LogP contribution is -2.32. The zero-order chi connectivity index (χ0) is 15.0. The Morgan fingerprint density at radius 2 is 2.05 bits per heavy atom. The minimum atomic E-state index is -0.147. The van der Waals surface area contributed by atoms with E-state index in [1.165, 1.54) is 0 Å². The number of fused-ring (bicyclic) bond motifs is 1. The van der Waals surface area contributed by atoms with Crippen molar-refractivity contribution in [3.8, 4) is 0 Å². The van der Waals surface area contributed by atoms with Gasteiger partial charge in [-0.2, -0.15) is 0 Å². The Kier molecular flexibility index (Phi) is 3.22. The molecule has 4 nitrogen and oxygen atoms in total. The fourth-order valence-electron chi connectivity index (χ4n) is 2.70. The molecule has 4 heteroatoms. The van der Waals surface area contributed by atoms with Crippen LogP contribution in [0.15, 0.2) is 36.4 Å². The van der Waals surface area contributed by atoms with E-state index in [1.54, 1.807) is 18.2 Å². The molecule has 0 atom stereocenters. The van der Waals surface area contributed by atoms with E-state index in [2.05, 4.69) is 5.32 Å². The molecule has 1 amide bonds. The van der Waals surface area contributed by atoms with Gasteiger partial charge in [0.25, 0.3) is 5.91 Å². The van der Waals surface area contributed by atoms with E-state index >= 15 is 0 Å². The molecule has 0 spiro atoms. The van der Waals surface area contributed by atoms with Gasteiger partial charge in [-0.15, -0.1) is 0 Å². The van der Waals surface area contributed by atoms with Crippen LogP contribution in [0.2, 0.25) is 0 Å². The second kappa shape index (κ2) is 5.05. The van der Waals surface area contributed by atoms with Crippen LogP contribution in [-0.4, -0.2) is 18.2 Å². The molecule has 1 aliphatic heterocycles. The first-order chi connectivity index (χ1) is 10.1. The lowest BCUT2D eigenvalue weighted by atomic mass is 9.92. The highest BCUT2D eigenvalue weighted by atomic mass is 16.1. The molecule has 0 radical (unpaired) electrons. The number of nitrogens with two attached hydrogens (primary N) is 1. The van der Waals surface area contributed by atoms with Crippen molar-refractivity contribution >= 4 is 17.4 Å². The summed E-state index contributed by atoms with van der Waals surface area (Å²) in [5.41, 5.74) is 9.78. The molecule has 21 heavy (non-hydrogen) atoms. The third-order valence-electron chi connectivity index (χ3n) is 3.83. The maximum absolute atomic E-state index is 12.7. The molecular formula is C17H16N2O2. The van der Waals surface area contributed by atoms with Crippen LogP contribution in [0.5, 0.6) is 0 Å². The fraction of sp³-hybridized carbons (Fsp3) is 0.176. The van der Waals surface area contributed by atoms with Crippen LogP contribution in [0.25, 0.3) is 0 Å². The standard InChI is InChI=1S/C17H16N2O2/c1-10-3-2-4-14(18)15(10)16(20)12-6-5-11-7-8-19-17(21)13(11)9-12/h2-6,9H,7-8,18H2,1H3,(H,19,21). The van der Waals surface area contributed by atoms with Gasteiger partial charge in [0, 0.05) is 28.9 Å². The Morgan fingerprint density at radius 3 is 2.81 bits per heavy atom. The highest BCUT2D eigenvalue weighted by molar-refractivity contribution is 6.14. The number of aryl methyl sites for hydroxylation is 1. The minimum Gasteiger partial charge on any atom is -0.398 e. The van der Waals surface area contributed by atoms with Crippen molar-refractivity contribution in [2.45, 2.75) is 13.3 Å². The van der Waals surface area contributed by atoms with E-state index in [4.69, 9.17) is 5.73 Å². The van der Waals surface area contributed by atoms with Crippen molar-refractivity contribution in [3.05, 3.63) is 64.2 Å². The Morgan fingerprint density at radius 1 is 1.24 bits per heavy atom. The molecule has 2 aromatic carbocycles. The number of amides is 1. The van der Waals surface area contributed by atoms with E-state index in [0.29, 0.717) is 28.9 Å². The van der Waals surface area contributed by atoms with Crippen molar-refractivity contribution in [1.29, 1.82) is 0 Å². The molecule has 3 N–H and O–H groups in total. The van der Waals surface area contributed by atoms with Gasteiger partial charge >= 0.3 is 0 Å². The van der Waals surface area contributed by atoms with Crippen LogP contribution < -0.4 is 11.1 Å². The van der Waals surface area contributed by atoms with E-state index in [-0.39, 0.29) is 11.7 Å². The summed E-state index contributed by atoms with van der Waals surface area (Å²) >= 11 is 0. The monoisotopic (exact) mass is 280 g/mol. The first-order valence-corrected chi connectivity index (χ1v) is 6.89. The van der Waals surface area contributed by atoms with Gasteiger partial charge in [-0.1, -0.05) is 24.3 Å². The zero-order valence-corrected chi connectivity index (χ0v) is 11.8. The van der Waals surface area contributed by atoms with Crippen LogP contribution in [0, 0.1) is 6.92 Å². The summed E-state index contributed by atoms with van der Waals surface area (Å²) in [6.45, 7) is 2.50. The van der Waals surface area contributed by atoms with Gasteiger partial charge in [0.05, 0.1) is 0 Å².